The van der Waals surface area contributed by atoms with Crippen molar-refractivity contribution in [1.29, 1.82) is 0 Å². The van der Waals surface area contributed by atoms with Gasteiger partial charge in [0, 0.05) is 19.5 Å². The van der Waals surface area contributed by atoms with Crippen molar-refractivity contribution < 1.29 is 19.1 Å². The molecule has 1 amide bonds. The number of rotatable bonds is 4. The third kappa shape index (κ3) is 4.03. The second kappa shape index (κ2) is 6.70. The summed E-state index contributed by atoms with van der Waals surface area (Å²) in [5.41, 5.74) is 0.876. The third-order valence-electron chi connectivity index (χ3n) is 3.93. The third-order valence-corrected chi connectivity index (χ3v) is 3.93. The van der Waals surface area contributed by atoms with Gasteiger partial charge in [-0.2, -0.15) is 0 Å². The van der Waals surface area contributed by atoms with Crippen LogP contribution < -0.4 is 0 Å². The van der Waals surface area contributed by atoms with Gasteiger partial charge < -0.3 is 10.0 Å². The number of benzene rings is 1. The number of likely N-dealkylation sites (tertiary alicyclic amines) is 1. The van der Waals surface area contributed by atoms with Crippen molar-refractivity contribution in [3.63, 3.8) is 0 Å². The maximum atomic E-state index is 13.9. The number of hydrogen-bond acceptors (Lipinski definition) is 2. The first-order chi connectivity index (χ1) is 9.97. The number of carbonyl (C=O) groups is 2. The van der Waals surface area contributed by atoms with E-state index in [2.05, 4.69) is 0 Å². The summed E-state index contributed by atoms with van der Waals surface area (Å²) in [5.74, 6) is -1.42. The van der Waals surface area contributed by atoms with Gasteiger partial charge in [-0.05, 0) is 49.8 Å². The molecule has 0 radical (unpaired) electrons. The minimum atomic E-state index is -0.817. The molecule has 1 fully saturated rings. The predicted molar refractivity (Wildman–Crippen MR) is 76.6 cm³/mol. The van der Waals surface area contributed by atoms with E-state index in [4.69, 9.17) is 5.11 Å². The van der Waals surface area contributed by atoms with Gasteiger partial charge in [-0.3, -0.25) is 9.59 Å². The number of amides is 1. The summed E-state index contributed by atoms with van der Waals surface area (Å²) in [6.45, 7) is 2.90. The van der Waals surface area contributed by atoms with Crippen LogP contribution in [-0.2, 0) is 4.79 Å². The molecule has 1 aliphatic rings. The van der Waals surface area contributed by atoms with E-state index in [1.54, 1.807) is 17.9 Å². The zero-order valence-electron chi connectivity index (χ0n) is 12.1. The number of hydrogen-bond donors (Lipinski definition) is 1. The molecule has 1 atom stereocenters. The second-order valence-corrected chi connectivity index (χ2v) is 5.68. The lowest BCUT2D eigenvalue weighted by Gasteiger charge is -2.32. The van der Waals surface area contributed by atoms with Crippen LogP contribution in [-0.4, -0.2) is 35.0 Å². The number of carboxylic acid groups (broad SMARTS) is 1. The Morgan fingerprint density at radius 3 is 2.86 bits per heavy atom. The standard InChI is InChI=1S/C16H20FNO3/c1-11-4-6-13(14(17)9-11)16(21)18-8-2-3-12(10-18)5-7-15(19)20/h4,6,9,12H,2-3,5,7-8,10H2,1H3,(H,19,20)/t12-/m1/s1. The first kappa shape index (κ1) is 15.5. The number of piperidine rings is 1. The summed E-state index contributed by atoms with van der Waals surface area (Å²) < 4.78 is 13.9. The molecule has 0 aromatic heterocycles. The summed E-state index contributed by atoms with van der Waals surface area (Å²) in [6.07, 6.45) is 2.44. The van der Waals surface area contributed by atoms with Gasteiger partial charge in [0.1, 0.15) is 5.82 Å². The molecule has 0 bridgehead atoms. The molecule has 2 rings (SSSR count). The SMILES string of the molecule is Cc1ccc(C(=O)N2CCC[C@H](CCC(=O)O)C2)c(F)c1. The van der Waals surface area contributed by atoms with Gasteiger partial charge in [0.2, 0.25) is 0 Å². The monoisotopic (exact) mass is 293 g/mol. The fraction of sp³-hybridized carbons (Fsp3) is 0.500. The Balaban J connectivity index is 2.03. The Morgan fingerprint density at radius 2 is 2.19 bits per heavy atom. The first-order valence-corrected chi connectivity index (χ1v) is 7.24. The van der Waals surface area contributed by atoms with Crippen LogP contribution in [0.3, 0.4) is 0 Å². The molecular weight excluding hydrogens is 273 g/mol. The fourth-order valence-electron chi connectivity index (χ4n) is 2.78. The quantitative estimate of drug-likeness (QED) is 0.928. The highest BCUT2D eigenvalue weighted by molar-refractivity contribution is 5.94. The van der Waals surface area contributed by atoms with Gasteiger partial charge >= 0.3 is 5.97 Å². The lowest BCUT2D eigenvalue weighted by Crippen LogP contribution is -2.40. The van der Waals surface area contributed by atoms with Crippen molar-refractivity contribution in [3.05, 3.63) is 35.1 Å². The number of carboxylic acids is 1. The number of carbonyl (C=O) groups excluding carboxylic acids is 1. The lowest BCUT2D eigenvalue weighted by molar-refractivity contribution is -0.137. The maximum Gasteiger partial charge on any atom is 0.303 e. The molecule has 4 nitrogen and oxygen atoms in total. The molecule has 114 valence electrons. The van der Waals surface area contributed by atoms with Gasteiger partial charge in [-0.15, -0.1) is 0 Å². The average Bonchev–Trinajstić information content (AvgIpc) is 2.45. The van der Waals surface area contributed by atoms with Crippen LogP contribution in [0.2, 0.25) is 0 Å². The second-order valence-electron chi connectivity index (χ2n) is 5.68. The summed E-state index contributed by atoms with van der Waals surface area (Å²) in [4.78, 5) is 24.7. The molecule has 0 saturated carbocycles. The molecular formula is C16H20FNO3. The molecule has 5 heteroatoms. The predicted octanol–water partition coefficient (Wildman–Crippen LogP) is 2.85. The molecule has 0 spiro atoms. The summed E-state index contributed by atoms with van der Waals surface area (Å²) in [5, 5.41) is 8.73. The number of nitrogens with zero attached hydrogens (tertiary/aromatic N) is 1. The van der Waals surface area contributed by atoms with Crippen molar-refractivity contribution in [2.75, 3.05) is 13.1 Å². The van der Waals surface area contributed by atoms with E-state index in [0.717, 1.165) is 18.4 Å². The van der Waals surface area contributed by atoms with Gasteiger partial charge in [-0.1, -0.05) is 6.07 Å². The first-order valence-electron chi connectivity index (χ1n) is 7.24. The van der Waals surface area contributed by atoms with Crippen LogP contribution in [0.4, 0.5) is 4.39 Å². The average molecular weight is 293 g/mol. The molecule has 1 aliphatic heterocycles. The number of halogens is 1. The van der Waals surface area contributed by atoms with Crippen LogP contribution in [0.5, 0.6) is 0 Å². The molecule has 1 N–H and O–H groups in total. The van der Waals surface area contributed by atoms with Crippen LogP contribution in [0.25, 0.3) is 0 Å². The topological polar surface area (TPSA) is 57.6 Å². The van der Waals surface area contributed by atoms with E-state index in [-0.39, 0.29) is 23.8 Å². The molecule has 1 aromatic carbocycles. The highest BCUT2D eigenvalue weighted by Crippen LogP contribution is 2.23. The molecule has 1 saturated heterocycles. The van der Waals surface area contributed by atoms with Crippen molar-refractivity contribution in [2.45, 2.75) is 32.6 Å². The van der Waals surface area contributed by atoms with Gasteiger partial charge in [0.25, 0.3) is 5.91 Å². The molecule has 1 aromatic rings. The zero-order chi connectivity index (χ0) is 15.4. The van der Waals surface area contributed by atoms with E-state index >= 15 is 0 Å². The van der Waals surface area contributed by atoms with Crippen LogP contribution in [0.1, 0.15) is 41.6 Å². The van der Waals surface area contributed by atoms with E-state index in [1.807, 2.05) is 0 Å². The molecule has 0 aliphatic carbocycles. The van der Waals surface area contributed by atoms with Gasteiger partial charge in [-0.25, -0.2) is 4.39 Å². The maximum absolute atomic E-state index is 13.9. The lowest BCUT2D eigenvalue weighted by atomic mass is 9.93. The Morgan fingerprint density at radius 1 is 1.43 bits per heavy atom. The van der Waals surface area contributed by atoms with Crippen molar-refractivity contribution in [2.24, 2.45) is 5.92 Å². The Kier molecular flexibility index (Phi) is 4.94. The Hall–Kier alpha value is -1.91. The van der Waals surface area contributed by atoms with E-state index in [1.165, 1.54) is 12.1 Å². The number of aryl methyl sites for hydroxylation is 1. The van der Waals surface area contributed by atoms with Crippen LogP contribution in [0.15, 0.2) is 18.2 Å². The zero-order valence-corrected chi connectivity index (χ0v) is 12.1. The summed E-state index contributed by atoms with van der Waals surface area (Å²) in [6, 6.07) is 4.61. The Bertz CT molecular complexity index is 544. The molecule has 21 heavy (non-hydrogen) atoms. The van der Waals surface area contributed by atoms with Gasteiger partial charge in [0.05, 0.1) is 5.56 Å². The highest BCUT2D eigenvalue weighted by atomic mass is 19.1. The largest absolute Gasteiger partial charge is 0.481 e. The number of aliphatic carboxylic acids is 1. The van der Waals surface area contributed by atoms with Crippen molar-refractivity contribution in [1.82, 2.24) is 4.90 Å². The van der Waals surface area contributed by atoms with Gasteiger partial charge in [0.15, 0.2) is 0 Å². The van der Waals surface area contributed by atoms with Crippen molar-refractivity contribution in [3.8, 4) is 0 Å². The normalized spacial score (nSPS) is 18.6. The minimum absolute atomic E-state index is 0.0967. The van der Waals surface area contributed by atoms with Crippen LogP contribution >= 0.6 is 0 Å². The highest BCUT2D eigenvalue weighted by Gasteiger charge is 2.26. The summed E-state index contributed by atoms with van der Waals surface area (Å²) >= 11 is 0. The fourth-order valence-corrected chi connectivity index (χ4v) is 2.78. The summed E-state index contributed by atoms with van der Waals surface area (Å²) in [7, 11) is 0. The smallest absolute Gasteiger partial charge is 0.303 e. The minimum Gasteiger partial charge on any atom is -0.481 e. The van der Waals surface area contributed by atoms with Crippen LogP contribution in [0, 0.1) is 18.7 Å². The molecule has 0 unspecified atom stereocenters. The van der Waals surface area contributed by atoms with E-state index < -0.39 is 11.8 Å². The van der Waals surface area contributed by atoms with E-state index in [0.29, 0.717) is 19.5 Å². The molecule has 1 heterocycles. The van der Waals surface area contributed by atoms with Crippen molar-refractivity contribution >= 4 is 11.9 Å². The van der Waals surface area contributed by atoms with E-state index in [9.17, 15) is 14.0 Å². The Labute approximate surface area is 123 Å².